The van der Waals surface area contributed by atoms with Crippen LogP contribution in [-0.4, -0.2) is 31.4 Å². The fourth-order valence-electron chi connectivity index (χ4n) is 2.57. The Labute approximate surface area is 179 Å². The minimum Gasteiger partial charge on any atom is -0.468 e. The molecule has 6 nitrogen and oxygen atoms in total. The molecule has 2 N–H and O–H groups in total. The minimum atomic E-state index is -0.509. The van der Waals surface area contributed by atoms with Gasteiger partial charge in [-0.05, 0) is 41.8 Å². The second-order valence-corrected chi connectivity index (χ2v) is 7.40. The Balaban J connectivity index is 1.87. The first kappa shape index (κ1) is 22.7. The first-order valence-electron chi connectivity index (χ1n) is 8.95. The number of carbonyl (C=O) groups is 3. The zero-order valence-electron chi connectivity index (χ0n) is 16.1. The summed E-state index contributed by atoms with van der Waals surface area (Å²) in [5, 5.41) is 6.41. The van der Waals surface area contributed by atoms with Crippen molar-refractivity contribution in [2.75, 3.05) is 19.0 Å². The number of amides is 2. The number of hydrogen-bond donors (Lipinski definition) is 2. The molecule has 2 aromatic rings. The molecule has 0 bridgehead atoms. The molecular weight excluding hydrogens is 415 g/mol. The molecule has 2 rings (SSSR count). The molecule has 29 heavy (non-hydrogen) atoms. The lowest BCUT2D eigenvalue weighted by Crippen LogP contribution is -2.31. The fourth-order valence-corrected chi connectivity index (χ4v) is 3.06. The Morgan fingerprint density at radius 3 is 2.38 bits per heavy atom. The van der Waals surface area contributed by atoms with Gasteiger partial charge in [0.25, 0.3) is 0 Å². The van der Waals surface area contributed by atoms with E-state index in [-0.39, 0.29) is 30.7 Å². The van der Waals surface area contributed by atoms with Crippen LogP contribution in [0.15, 0.2) is 42.5 Å². The highest BCUT2D eigenvalue weighted by Gasteiger charge is 2.16. The molecular formula is C21H22Cl2N2O4. The Morgan fingerprint density at radius 1 is 1.07 bits per heavy atom. The van der Waals surface area contributed by atoms with Crippen molar-refractivity contribution in [2.24, 2.45) is 5.92 Å². The van der Waals surface area contributed by atoms with E-state index in [2.05, 4.69) is 15.4 Å². The van der Waals surface area contributed by atoms with E-state index in [1.54, 1.807) is 36.4 Å². The molecule has 2 aromatic carbocycles. The first-order chi connectivity index (χ1) is 13.8. The van der Waals surface area contributed by atoms with E-state index in [1.807, 2.05) is 13.0 Å². The second-order valence-electron chi connectivity index (χ2n) is 6.56. The highest BCUT2D eigenvalue weighted by atomic mass is 35.5. The van der Waals surface area contributed by atoms with Crippen LogP contribution >= 0.6 is 23.2 Å². The molecule has 0 saturated heterocycles. The molecule has 154 valence electrons. The zero-order chi connectivity index (χ0) is 21.4. The van der Waals surface area contributed by atoms with Gasteiger partial charge in [0.05, 0.1) is 13.5 Å². The van der Waals surface area contributed by atoms with Crippen LogP contribution in [0.25, 0.3) is 0 Å². The molecule has 2 amide bonds. The van der Waals surface area contributed by atoms with Gasteiger partial charge in [-0.3, -0.25) is 14.4 Å². The van der Waals surface area contributed by atoms with Crippen molar-refractivity contribution in [1.29, 1.82) is 0 Å². The maximum absolute atomic E-state index is 12.4. The number of methoxy groups -OCH3 is 1. The SMILES string of the molecule is COC(=O)CNC(=O)Cc1ccc(NC(=O)C(C)Cc2ccc(Cl)cc2Cl)cc1. The van der Waals surface area contributed by atoms with Crippen molar-refractivity contribution in [1.82, 2.24) is 5.32 Å². The molecule has 0 aliphatic heterocycles. The maximum atomic E-state index is 12.4. The lowest BCUT2D eigenvalue weighted by molar-refractivity contribution is -0.141. The smallest absolute Gasteiger partial charge is 0.325 e. The summed E-state index contributed by atoms with van der Waals surface area (Å²) in [5.74, 6) is -1.23. The zero-order valence-corrected chi connectivity index (χ0v) is 17.6. The molecule has 0 aliphatic carbocycles. The van der Waals surface area contributed by atoms with Crippen LogP contribution in [0, 0.1) is 5.92 Å². The Kier molecular flexibility index (Phi) is 8.49. The number of esters is 1. The molecule has 0 fully saturated rings. The molecule has 0 saturated carbocycles. The Morgan fingerprint density at radius 2 is 1.76 bits per heavy atom. The largest absolute Gasteiger partial charge is 0.468 e. The van der Waals surface area contributed by atoms with Gasteiger partial charge in [-0.2, -0.15) is 0 Å². The second kappa shape index (κ2) is 10.8. The Bertz CT molecular complexity index is 885. The normalized spacial score (nSPS) is 11.4. The monoisotopic (exact) mass is 436 g/mol. The summed E-state index contributed by atoms with van der Waals surface area (Å²) in [4.78, 5) is 35.3. The third kappa shape index (κ3) is 7.40. The van der Waals surface area contributed by atoms with E-state index in [0.29, 0.717) is 22.2 Å². The molecule has 0 spiro atoms. The number of hydrogen-bond acceptors (Lipinski definition) is 4. The Hall–Kier alpha value is -2.57. The topological polar surface area (TPSA) is 84.5 Å². The van der Waals surface area contributed by atoms with Crippen molar-refractivity contribution in [2.45, 2.75) is 19.8 Å². The van der Waals surface area contributed by atoms with Crippen LogP contribution in [0.3, 0.4) is 0 Å². The third-order valence-corrected chi connectivity index (χ3v) is 4.82. The number of nitrogens with one attached hydrogen (secondary N) is 2. The molecule has 0 heterocycles. The predicted molar refractivity (Wildman–Crippen MR) is 113 cm³/mol. The average molecular weight is 437 g/mol. The number of halogens is 2. The van der Waals surface area contributed by atoms with Gasteiger partial charge in [0, 0.05) is 21.7 Å². The van der Waals surface area contributed by atoms with Crippen molar-refractivity contribution in [3.63, 3.8) is 0 Å². The number of carbonyl (C=O) groups excluding carboxylic acids is 3. The van der Waals surface area contributed by atoms with Crippen molar-refractivity contribution in [3.05, 3.63) is 63.6 Å². The van der Waals surface area contributed by atoms with Crippen LogP contribution in [0.5, 0.6) is 0 Å². The standard InChI is InChI=1S/C21H22Cl2N2O4/c1-13(9-15-5-6-16(22)11-18(15)23)21(28)25-17-7-3-14(4-8-17)10-19(26)24-12-20(27)29-2/h3-8,11,13H,9-10,12H2,1-2H3,(H,24,26)(H,25,28). The van der Waals surface area contributed by atoms with Crippen molar-refractivity contribution >= 4 is 46.7 Å². The highest BCUT2D eigenvalue weighted by molar-refractivity contribution is 6.35. The van der Waals surface area contributed by atoms with Crippen LogP contribution in [0.1, 0.15) is 18.1 Å². The molecule has 1 unspecified atom stereocenters. The van der Waals surface area contributed by atoms with Gasteiger partial charge >= 0.3 is 5.97 Å². The van der Waals surface area contributed by atoms with Crippen LogP contribution in [0.4, 0.5) is 5.69 Å². The van der Waals surface area contributed by atoms with E-state index in [9.17, 15) is 14.4 Å². The summed E-state index contributed by atoms with van der Waals surface area (Å²) >= 11 is 12.1. The van der Waals surface area contributed by atoms with Crippen molar-refractivity contribution < 1.29 is 19.1 Å². The van der Waals surface area contributed by atoms with Gasteiger partial charge in [0.1, 0.15) is 6.54 Å². The summed E-state index contributed by atoms with van der Waals surface area (Å²) in [6.45, 7) is 1.65. The van der Waals surface area contributed by atoms with E-state index >= 15 is 0 Å². The fraction of sp³-hybridized carbons (Fsp3) is 0.286. The quantitative estimate of drug-likeness (QED) is 0.618. The summed E-state index contributed by atoms with van der Waals surface area (Å²) in [6, 6.07) is 12.2. The minimum absolute atomic E-state index is 0.122. The summed E-state index contributed by atoms with van der Waals surface area (Å²) in [6.07, 6.45) is 0.608. The molecule has 0 radical (unpaired) electrons. The van der Waals surface area contributed by atoms with Gasteiger partial charge < -0.3 is 15.4 Å². The molecule has 0 aliphatic rings. The molecule has 8 heteroatoms. The van der Waals surface area contributed by atoms with Crippen LogP contribution in [0.2, 0.25) is 10.0 Å². The number of anilines is 1. The first-order valence-corrected chi connectivity index (χ1v) is 9.71. The molecule has 0 aromatic heterocycles. The predicted octanol–water partition coefficient (Wildman–Crippen LogP) is 3.64. The maximum Gasteiger partial charge on any atom is 0.325 e. The van der Waals surface area contributed by atoms with Crippen LogP contribution < -0.4 is 10.6 Å². The van der Waals surface area contributed by atoms with Crippen molar-refractivity contribution in [3.8, 4) is 0 Å². The van der Waals surface area contributed by atoms with Gasteiger partial charge in [-0.15, -0.1) is 0 Å². The summed E-state index contributed by atoms with van der Waals surface area (Å²) in [5.41, 5.74) is 2.24. The summed E-state index contributed by atoms with van der Waals surface area (Å²) in [7, 11) is 1.26. The third-order valence-electron chi connectivity index (χ3n) is 4.23. The lowest BCUT2D eigenvalue weighted by Gasteiger charge is -2.14. The van der Waals surface area contributed by atoms with E-state index in [1.165, 1.54) is 7.11 Å². The van der Waals surface area contributed by atoms with Gasteiger partial charge in [0.15, 0.2) is 0 Å². The van der Waals surface area contributed by atoms with Gasteiger partial charge in [0.2, 0.25) is 11.8 Å². The number of benzene rings is 2. The van der Waals surface area contributed by atoms with Gasteiger partial charge in [-0.1, -0.05) is 48.3 Å². The lowest BCUT2D eigenvalue weighted by atomic mass is 10.00. The van der Waals surface area contributed by atoms with E-state index < -0.39 is 5.97 Å². The van der Waals surface area contributed by atoms with Gasteiger partial charge in [-0.25, -0.2) is 0 Å². The van der Waals surface area contributed by atoms with E-state index in [4.69, 9.17) is 23.2 Å². The highest BCUT2D eigenvalue weighted by Crippen LogP contribution is 2.24. The number of rotatable bonds is 8. The van der Waals surface area contributed by atoms with E-state index in [0.717, 1.165) is 11.1 Å². The summed E-state index contributed by atoms with van der Waals surface area (Å²) < 4.78 is 4.46. The number of ether oxygens (including phenoxy) is 1. The van der Waals surface area contributed by atoms with Crippen LogP contribution in [-0.2, 0) is 32.0 Å². The molecule has 1 atom stereocenters. The average Bonchev–Trinajstić information content (AvgIpc) is 2.69.